The van der Waals surface area contributed by atoms with E-state index in [2.05, 4.69) is 23.1 Å². The van der Waals surface area contributed by atoms with Crippen molar-refractivity contribution in [3.63, 3.8) is 0 Å². The second-order valence-corrected chi connectivity index (χ2v) is 8.14. The van der Waals surface area contributed by atoms with Crippen LogP contribution in [0.25, 0.3) is 0 Å². The summed E-state index contributed by atoms with van der Waals surface area (Å²) >= 11 is 1.09. The van der Waals surface area contributed by atoms with Gasteiger partial charge in [0.1, 0.15) is 17.6 Å². The van der Waals surface area contributed by atoms with Gasteiger partial charge in [-0.3, -0.25) is 19.5 Å². The van der Waals surface area contributed by atoms with E-state index < -0.39 is 35.9 Å². The van der Waals surface area contributed by atoms with Gasteiger partial charge in [0.05, 0.1) is 10.6 Å². The van der Waals surface area contributed by atoms with Crippen LogP contribution in [0.15, 0.2) is 63.8 Å². The molecule has 1 aromatic heterocycles. The van der Waals surface area contributed by atoms with Crippen LogP contribution < -0.4 is 16.2 Å². The van der Waals surface area contributed by atoms with Gasteiger partial charge in [-0.1, -0.05) is 43.1 Å². The number of ether oxygens (including phenoxy) is 3. The molecule has 3 atom stereocenters. The number of carbonyl (C=O) groups is 2. The smallest absolute Gasteiger partial charge is 0.338 e. The van der Waals surface area contributed by atoms with Gasteiger partial charge < -0.3 is 19.9 Å². The molecule has 1 fully saturated rings. The fourth-order valence-electron chi connectivity index (χ4n) is 3.43. The fourth-order valence-corrected chi connectivity index (χ4v) is 4.33. The Kier molecular flexibility index (Phi) is 5.76. The molecule has 0 amide bonds. The third-order valence-corrected chi connectivity index (χ3v) is 5.86. The van der Waals surface area contributed by atoms with Crippen LogP contribution >= 0.6 is 11.8 Å². The highest BCUT2D eigenvalue weighted by Gasteiger charge is 2.48. The van der Waals surface area contributed by atoms with Crippen molar-refractivity contribution in [2.24, 2.45) is 0 Å². The van der Waals surface area contributed by atoms with Crippen molar-refractivity contribution in [1.82, 2.24) is 9.97 Å². The molecule has 4 rings (SSSR count). The highest BCUT2D eigenvalue weighted by Crippen LogP contribution is 2.46. The fraction of sp³-hybridized carbons (Fsp3) is 0.238. The van der Waals surface area contributed by atoms with Crippen LogP contribution in [-0.4, -0.2) is 46.9 Å². The lowest BCUT2D eigenvalue weighted by Gasteiger charge is -2.29. The summed E-state index contributed by atoms with van der Waals surface area (Å²) in [5.41, 5.74) is 6.08. The number of nitrogens with one attached hydrogen (secondary N) is 1. The lowest BCUT2D eigenvalue weighted by atomic mass is 10.1. The van der Waals surface area contributed by atoms with E-state index in [4.69, 9.17) is 19.9 Å². The molecule has 2 aliphatic heterocycles. The summed E-state index contributed by atoms with van der Waals surface area (Å²) in [6.45, 7) is 9.06. The Morgan fingerprint density at radius 3 is 2.72 bits per heavy atom. The van der Waals surface area contributed by atoms with E-state index in [0.717, 1.165) is 11.8 Å². The number of nitrogens with two attached hydrogens (primary N) is 1. The van der Waals surface area contributed by atoms with Gasteiger partial charge in [0.2, 0.25) is 5.95 Å². The van der Waals surface area contributed by atoms with Crippen molar-refractivity contribution in [1.29, 1.82) is 0 Å². The third-order valence-electron chi connectivity index (χ3n) is 4.86. The van der Waals surface area contributed by atoms with Gasteiger partial charge in [-0.2, -0.15) is 4.98 Å². The Morgan fingerprint density at radius 1 is 1.31 bits per heavy atom. The van der Waals surface area contributed by atoms with E-state index in [-0.39, 0.29) is 18.4 Å². The summed E-state index contributed by atoms with van der Waals surface area (Å²) in [4.78, 5) is 44.8. The molecule has 0 saturated carbocycles. The number of hydrogen-bond donors (Lipinski definition) is 2. The number of benzene rings is 1. The first-order valence-corrected chi connectivity index (χ1v) is 10.4. The number of nitrogens with zero attached hydrogens (tertiary/aromatic N) is 2. The molecule has 166 valence electrons. The minimum absolute atomic E-state index is 0.0803. The van der Waals surface area contributed by atoms with E-state index >= 15 is 0 Å². The van der Waals surface area contributed by atoms with E-state index in [1.807, 2.05) is 0 Å². The molecule has 1 saturated heterocycles. The number of anilines is 2. The number of H-pyrrole nitrogens is 1. The summed E-state index contributed by atoms with van der Waals surface area (Å²) in [6, 6.07) is 8.50. The monoisotopic (exact) mass is 456 g/mol. The molecule has 11 heteroatoms. The van der Waals surface area contributed by atoms with E-state index in [0.29, 0.717) is 21.1 Å². The molecule has 0 spiro atoms. The zero-order chi connectivity index (χ0) is 23.0. The number of nitrogen functional groups attached to an aromatic ring is 1. The number of carbonyl (C=O) groups excluding carboxylic acids is 2. The van der Waals surface area contributed by atoms with Crippen molar-refractivity contribution in [2.45, 2.75) is 30.3 Å². The maximum atomic E-state index is 12.3. The van der Waals surface area contributed by atoms with Crippen LogP contribution in [-0.2, 0) is 19.0 Å². The van der Waals surface area contributed by atoms with Crippen molar-refractivity contribution in [3.8, 4) is 0 Å². The third kappa shape index (κ3) is 3.99. The maximum absolute atomic E-state index is 12.3. The zero-order valence-corrected chi connectivity index (χ0v) is 17.9. The van der Waals surface area contributed by atoms with Crippen molar-refractivity contribution in [3.05, 3.63) is 70.0 Å². The highest BCUT2D eigenvalue weighted by molar-refractivity contribution is 8.03. The first-order chi connectivity index (χ1) is 15.3. The number of hydrogen-bond acceptors (Lipinski definition) is 10. The zero-order valence-electron chi connectivity index (χ0n) is 17.1. The van der Waals surface area contributed by atoms with E-state index in [9.17, 15) is 14.4 Å². The van der Waals surface area contributed by atoms with Crippen LogP contribution in [0.3, 0.4) is 0 Å². The standard InChI is InChI=1S/C21H20N4O6S/c1-10-14(9-29-20(28)13-7-5-4-6-8-13)31-19(15(10)30-12(3)26)25-11(2)32-16-17(25)23-21(22)24-18(16)27/h4-8,14-15,19H,1-2,9H2,3H3,(H3,22,23,24,27)/t14-,15-,19-/m1/s1. The van der Waals surface area contributed by atoms with Crippen molar-refractivity contribution in [2.75, 3.05) is 17.2 Å². The Hall–Kier alpha value is -3.57. The van der Waals surface area contributed by atoms with E-state index in [1.54, 1.807) is 30.3 Å². The summed E-state index contributed by atoms with van der Waals surface area (Å²) in [6.07, 6.45) is -2.61. The van der Waals surface area contributed by atoms with Crippen LogP contribution in [0.1, 0.15) is 17.3 Å². The van der Waals surface area contributed by atoms with Gasteiger partial charge in [0, 0.05) is 6.92 Å². The molecule has 10 nitrogen and oxygen atoms in total. The van der Waals surface area contributed by atoms with Crippen LogP contribution in [0.2, 0.25) is 0 Å². The Labute approximate surface area is 187 Å². The highest BCUT2D eigenvalue weighted by atomic mass is 32.2. The second kappa shape index (κ2) is 8.52. The normalized spacial score (nSPS) is 22.0. The Morgan fingerprint density at radius 2 is 2.03 bits per heavy atom. The van der Waals surface area contributed by atoms with Crippen molar-refractivity contribution >= 4 is 35.5 Å². The first-order valence-electron chi connectivity index (χ1n) is 9.55. The molecule has 0 unspecified atom stereocenters. The minimum atomic E-state index is -0.929. The van der Waals surface area contributed by atoms with Gasteiger partial charge in [-0.25, -0.2) is 4.79 Å². The quantitative estimate of drug-likeness (QED) is 0.506. The number of esters is 2. The molecule has 32 heavy (non-hydrogen) atoms. The SMILES string of the molecule is C=C1[C@@H](OC(C)=O)[C@H](N2C(=C)Sc3c2nc(N)[nH]c3=O)O[C@@H]1COC(=O)c1ccccc1. The molecule has 0 radical (unpaired) electrons. The predicted molar refractivity (Wildman–Crippen MR) is 117 cm³/mol. The molecule has 0 bridgehead atoms. The van der Waals surface area contributed by atoms with Gasteiger partial charge >= 0.3 is 11.9 Å². The molecule has 3 heterocycles. The number of rotatable bonds is 5. The first kappa shape index (κ1) is 21.7. The van der Waals surface area contributed by atoms with Gasteiger partial charge in [-0.05, 0) is 17.7 Å². The minimum Gasteiger partial charge on any atom is -0.459 e. The number of thioether (sulfide) groups is 1. The number of aromatic nitrogens is 2. The molecule has 0 aliphatic carbocycles. The molecule has 2 aromatic rings. The lowest BCUT2D eigenvalue weighted by Crippen LogP contribution is -2.42. The van der Waals surface area contributed by atoms with Crippen LogP contribution in [0, 0.1) is 0 Å². The largest absolute Gasteiger partial charge is 0.459 e. The second-order valence-electron chi connectivity index (χ2n) is 7.05. The Bertz CT molecular complexity index is 1160. The summed E-state index contributed by atoms with van der Waals surface area (Å²) in [7, 11) is 0. The average molecular weight is 456 g/mol. The molecule has 3 N–H and O–H groups in total. The Balaban J connectivity index is 1.59. The van der Waals surface area contributed by atoms with Crippen LogP contribution in [0.5, 0.6) is 0 Å². The maximum Gasteiger partial charge on any atom is 0.338 e. The number of aromatic amines is 1. The number of fused-ring (bicyclic) bond motifs is 1. The molecule has 1 aromatic carbocycles. The molecular weight excluding hydrogens is 436 g/mol. The lowest BCUT2D eigenvalue weighted by molar-refractivity contribution is -0.147. The topological polar surface area (TPSA) is 137 Å². The summed E-state index contributed by atoms with van der Waals surface area (Å²) in [5, 5.41) is 0.431. The van der Waals surface area contributed by atoms with Gasteiger partial charge in [0.25, 0.3) is 5.56 Å². The van der Waals surface area contributed by atoms with Crippen LogP contribution in [0.4, 0.5) is 11.8 Å². The van der Waals surface area contributed by atoms with Gasteiger partial charge in [-0.15, -0.1) is 0 Å². The molecule has 2 aliphatic rings. The van der Waals surface area contributed by atoms with Gasteiger partial charge in [0.15, 0.2) is 18.1 Å². The van der Waals surface area contributed by atoms with E-state index in [1.165, 1.54) is 11.8 Å². The summed E-state index contributed by atoms with van der Waals surface area (Å²) < 4.78 is 16.9. The average Bonchev–Trinajstić information content (AvgIpc) is 3.23. The van der Waals surface area contributed by atoms with Crippen molar-refractivity contribution < 1.29 is 23.8 Å². The summed E-state index contributed by atoms with van der Waals surface area (Å²) in [5.74, 6) is -0.925. The predicted octanol–water partition coefficient (Wildman–Crippen LogP) is 1.81. The molecular formula is C21H20N4O6S.